The zero-order valence-electron chi connectivity index (χ0n) is 6.48. The van der Waals surface area contributed by atoms with Gasteiger partial charge < -0.3 is 10.1 Å². The Morgan fingerprint density at radius 3 is 2.90 bits per heavy atom. The fraction of sp³-hybridized carbons (Fsp3) is 0.750. The highest BCUT2D eigenvalue weighted by Gasteiger charge is 2.32. The number of hydrogen-bond donors (Lipinski definition) is 1. The van der Waals surface area contributed by atoms with Crippen LogP contribution in [0.5, 0.6) is 0 Å². The maximum atomic E-state index is 5.43. The number of hydrogen-bond acceptors (Lipinski definition) is 2. The fourth-order valence-electron chi connectivity index (χ4n) is 1.94. The molecule has 2 heteroatoms. The molecule has 0 saturated heterocycles. The first kappa shape index (κ1) is 6.08. The van der Waals surface area contributed by atoms with E-state index in [1.807, 2.05) is 0 Å². The van der Waals surface area contributed by atoms with Gasteiger partial charge in [0.25, 0.3) is 0 Å². The van der Waals surface area contributed by atoms with Crippen molar-refractivity contribution in [2.24, 2.45) is 11.8 Å². The van der Waals surface area contributed by atoms with Gasteiger partial charge in [-0.2, -0.15) is 0 Å². The monoisotopic (exact) mass is 139 g/mol. The molecular weight excluding hydrogens is 126 g/mol. The van der Waals surface area contributed by atoms with Crippen molar-refractivity contribution in [3.05, 3.63) is 11.5 Å². The van der Waals surface area contributed by atoms with Gasteiger partial charge in [0.2, 0.25) is 0 Å². The van der Waals surface area contributed by atoms with Crippen LogP contribution < -0.4 is 5.32 Å². The molecule has 2 nitrogen and oxygen atoms in total. The molecule has 1 aliphatic heterocycles. The van der Waals surface area contributed by atoms with Crippen molar-refractivity contribution in [2.75, 3.05) is 6.73 Å². The molecule has 2 atom stereocenters. The van der Waals surface area contributed by atoms with Crippen LogP contribution in [0.2, 0.25) is 0 Å². The molecule has 10 heavy (non-hydrogen) atoms. The van der Waals surface area contributed by atoms with E-state index in [-0.39, 0.29) is 0 Å². The molecule has 0 aromatic heterocycles. The predicted molar refractivity (Wildman–Crippen MR) is 39.1 cm³/mol. The van der Waals surface area contributed by atoms with Crippen molar-refractivity contribution >= 4 is 0 Å². The van der Waals surface area contributed by atoms with E-state index in [9.17, 15) is 0 Å². The summed E-state index contributed by atoms with van der Waals surface area (Å²) in [6.07, 6.45) is 1.25. The van der Waals surface area contributed by atoms with Crippen molar-refractivity contribution in [3.63, 3.8) is 0 Å². The van der Waals surface area contributed by atoms with Crippen LogP contribution in [0.3, 0.4) is 0 Å². The van der Waals surface area contributed by atoms with E-state index in [2.05, 4.69) is 19.2 Å². The first-order valence-corrected chi connectivity index (χ1v) is 3.89. The molecule has 0 aromatic carbocycles. The highest BCUT2D eigenvalue weighted by Crippen LogP contribution is 2.37. The van der Waals surface area contributed by atoms with Crippen LogP contribution in [0.1, 0.15) is 20.3 Å². The van der Waals surface area contributed by atoms with Gasteiger partial charge in [-0.1, -0.05) is 13.8 Å². The maximum absolute atomic E-state index is 5.43. The van der Waals surface area contributed by atoms with Crippen LogP contribution in [-0.2, 0) is 4.74 Å². The standard InChI is InChI=1S/C8H13NO/c1-5-3-6(2)8-7(5)9-4-10-8/h5-6,9H,3-4H2,1-2H3. The largest absolute Gasteiger partial charge is 0.476 e. The normalized spacial score (nSPS) is 37.4. The Bertz CT molecular complexity index is 168. The van der Waals surface area contributed by atoms with Gasteiger partial charge in [-0.3, -0.25) is 0 Å². The van der Waals surface area contributed by atoms with E-state index in [1.165, 1.54) is 17.9 Å². The molecule has 2 rings (SSSR count). The third-order valence-electron chi connectivity index (χ3n) is 2.40. The molecular formula is C8H13NO. The van der Waals surface area contributed by atoms with Gasteiger partial charge in [0.05, 0.1) is 5.70 Å². The summed E-state index contributed by atoms with van der Waals surface area (Å²) in [6, 6.07) is 0. The number of nitrogens with one attached hydrogen (secondary N) is 1. The molecule has 0 aromatic rings. The summed E-state index contributed by atoms with van der Waals surface area (Å²) >= 11 is 0. The highest BCUT2D eigenvalue weighted by atomic mass is 16.5. The Balaban J connectivity index is 2.27. The molecule has 1 heterocycles. The number of rotatable bonds is 0. The Hall–Kier alpha value is -0.660. The number of allylic oxidation sites excluding steroid dienone is 2. The van der Waals surface area contributed by atoms with Crippen LogP contribution in [0.25, 0.3) is 0 Å². The first-order valence-electron chi connectivity index (χ1n) is 3.89. The van der Waals surface area contributed by atoms with Crippen LogP contribution in [0.15, 0.2) is 11.5 Å². The first-order chi connectivity index (χ1) is 4.79. The molecule has 0 fully saturated rings. The maximum Gasteiger partial charge on any atom is 0.158 e. The minimum absolute atomic E-state index is 0.639. The molecule has 0 spiro atoms. The lowest BCUT2D eigenvalue weighted by Gasteiger charge is -2.09. The summed E-state index contributed by atoms with van der Waals surface area (Å²) in [5.74, 6) is 2.54. The summed E-state index contributed by atoms with van der Waals surface area (Å²) < 4.78 is 5.43. The van der Waals surface area contributed by atoms with Gasteiger partial charge in [-0.05, 0) is 6.42 Å². The van der Waals surface area contributed by atoms with Crippen molar-refractivity contribution in [1.29, 1.82) is 0 Å². The van der Waals surface area contributed by atoms with Gasteiger partial charge in [0, 0.05) is 11.8 Å². The van der Waals surface area contributed by atoms with Crippen LogP contribution in [0.4, 0.5) is 0 Å². The van der Waals surface area contributed by atoms with E-state index in [0.29, 0.717) is 18.6 Å². The van der Waals surface area contributed by atoms with Crippen molar-refractivity contribution in [1.82, 2.24) is 5.32 Å². The Labute approximate surface area is 61.3 Å². The van der Waals surface area contributed by atoms with Gasteiger partial charge in [-0.15, -0.1) is 0 Å². The van der Waals surface area contributed by atoms with Gasteiger partial charge in [0.1, 0.15) is 5.76 Å². The molecule has 2 aliphatic rings. The van der Waals surface area contributed by atoms with E-state index in [1.54, 1.807) is 0 Å². The average Bonchev–Trinajstić information content (AvgIpc) is 2.39. The van der Waals surface area contributed by atoms with Gasteiger partial charge in [-0.25, -0.2) is 0 Å². The van der Waals surface area contributed by atoms with Crippen LogP contribution in [-0.4, -0.2) is 6.73 Å². The zero-order valence-corrected chi connectivity index (χ0v) is 6.48. The second-order valence-electron chi connectivity index (χ2n) is 3.28. The van der Waals surface area contributed by atoms with Crippen molar-refractivity contribution in [2.45, 2.75) is 20.3 Å². The molecule has 1 N–H and O–H groups in total. The fourth-order valence-corrected chi connectivity index (χ4v) is 1.94. The molecule has 1 aliphatic carbocycles. The SMILES string of the molecule is CC1CC(C)C2=C1NCO2. The molecule has 0 radical (unpaired) electrons. The summed E-state index contributed by atoms with van der Waals surface area (Å²) in [5.41, 5.74) is 1.35. The lowest BCUT2D eigenvalue weighted by molar-refractivity contribution is 0.197. The molecule has 2 unspecified atom stereocenters. The second kappa shape index (κ2) is 1.91. The smallest absolute Gasteiger partial charge is 0.158 e. The van der Waals surface area contributed by atoms with E-state index in [0.717, 1.165) is 0 Å². The minimum atomic E-state index is 0.639. The van der Waals surface area contributed by atoms with Crippen molar-refractivity contribution in [3.8, 4) is 0 Å². The summed E-state index contributed by atoms with van der Waals surface area (Å²) in [4.78, 5) is 0. The average molecular weight is 139 g/mol. The lowest BCUT2D eigenvalue weighted by atomic mass is 10.1. The van der Waals surface area contributed by atoms with Gasteiger partial charge in [0.15, 0.2) is 6.73 Å². The Morgan fingerprint density at radius 1 is 1.40 bits per heavy atom. The molecule has 0 amide bonds. The van der Waals surface area contributed by atoms with E-state index < -0.39 is 0 Å². The third-order valence-corrected chi connectivity index (χ3v) is 2.40. The second-order valence-corrected chi connectivity index (χ2v) is 3.28. The summed E-state index contributed by atoms with van der Waals surface area (Å²) in [7, 11) is 0. The predicted octanol–water partition coefficient (Wildman–Crippen LogP) is 1.45. The molecule has 56 valence electrons. The highest BCUT2D eigenvalue weighted by molar-refractivity contribution is 5.20. The molecule has 0 bridgehead atoms. The van der Waals surface area contributed by atoms with Crippen LogP contribution >= 0.6 is 0 Å². The minimum Gasteiger partial charge on any atom is -0.476 e. The zero-order chi connectivity index (χ0) is 7.14. The van der Waals surface area contributed by atoms with E-state index >= 15 is 0 Å². The Morgan fingerprint density at radius 2 is 2.20 bits per heavy atom. The quantitative estimate of drug-likeness (QED) is 0.548. The number of ether oxygens (including phenoxy) is 1. The third kappa shape index (κ3) is 0.648. The lowest BCUT2D eigenvalue weighted by Crippen LogP contribution is -2.13. The summed E-state index contributed by atoms with van der Waals surface area (Å²) in [5, 5.41) is 3.26. The topological polar surface area (TPSA) is 21.3 Å². The van der Waals surface area contributed by atoms with Crippen molar-refractivity contribution < 1.29 is 4.74 Å². The van der Waals surface area contributed by atoms with Gasteiger partial charge >= 0.3 is 0 Å². The molecule has 0 saturated carbocycles. The summed E-state index contributed by atoms with van der Waals surface area (Å²) in [6.45, 7) is 5.17. The Kier molecular flexibility index (Phi) is 1.16. The van der Waals surface area contributed by atoms with Crippen LogP contribution in [0, 0.1) is 11.8 Å². The van der Waals surface area contributed by atoms with E-state index in [4.69, 9.17) is 4.74 Å².